The Balaban J connectivity index is 1.12. The van der Waals surface area contributed by atoms with Crippen LogP contribution in [0.1, 0.15) is 24.8 Å². The van der Waals surface area contributed by atoms with E-state index in [9.17, 15) is 4.79 Å². The summed E-state index contributed by atoms with van der Waals surface area (Å²) in [5.41, 5.74) is 4.41. The highest BCUT2D eigenvalue weighted by Gasteiger charge is 2.43. The third-order valence-electron chi connectivity index (χ3n) is 7.65. The number of fused-ring (bicyclic) bond motifs is 1. The average Bonchev–Trinajstić information content (AvgIpc) is 3.60. The minimum atomic E-state index is -0.223. The van der Waals surface area contributed by atoms with Crippen LogP contribution in [-0.4, -0.2) is 64.2 Å². The highest BCUT2D eigenvalue weighted by atomic mass is 16.6. The van der Waals surface area contributed by atoms with Gasteiger partial charge >= 0.3 is 6.09 Å². The molecule has 2 aromatic carbocycles. The van der Waals surface area contributed by atoms with Crippen LogP contribution < -0.4 is 9.64 Å². The van der Waals surface area contributed by atoms with Crippen molar-refractivity contribution >= 4 is 23.2 Å². The van der Waals surface area contributed by atoms with Crippen molar-refractivity contribution in [3.63, 3.8) is 0 Å². The van der Waals surface area contributed by atoms with E-state index in [0.29, 0.717) is 18.2 Å². The molecule has 0 saturated carbocycles. The number of hydrogen-bond acceptors (Lipinski definition) is 7. The van der Waals surface area contributed by atoms with E-state index < -0.39 is 0 Å². The molecule has 190 valence electrons. The van der Waals surface area contributed by atoms with Crippen LogP contribution in [0.15, 0.2) is 60.9 Å². The van der Waals surface area contributed by atoms with Crippen molar-refractivity contribution in [2.24, 2.45) is 5.41 Å². The summed E-state index contributed by atoms with van der Waals surface area (Å²) >= 11 is 0. The second kappa shape index (κ2) is 9.72. The summed E-state index contributed by atoms with van der Waals surface area (Å²) in [6.45, 7) is 3.46. The number of nitrogens with one attached hydrogen (secondary N) is 1. The molecule has 0 radical (unpaired) electrons. The molecule has 9 nitrogen and oxygen atoms in total. The van der Waals surface area contributed by atoms with Gasteiger partial charge in [-0.15, -0.1) is 0 Å². The van der Waals surface area contributed by atoms with Gasteiger partial charge in [-0.1, -0.05) is 30.3 Å². The van der Waals surface area contributed by atoms with Crippen molar-refractivity contribution in [1.82, 2.24) is 24.8 Å². The number of aromatic nitrogens is 4. The van der Waals surface area contributed by atoms with Gasteiger partial charge in [0.25, 0.3) is 0 Å². The molecule has 0 bridgehead atoms. The first-order valence-electron chi connectivity index (χ1n) is 12.7. The summed E-state index contributed by atoms with van der Waals surface area (Å²) in [6.07, 6.45) is 4.40. The second-order valence-corrected chi connectivity index (χ2v) is 9.90. The zero-order valence-electron chi connectivity index (χ0n) is 20.9. The van der Waals surface area contributed by atoms with Crippen molar-refractivity contribution in [1.29, 1.82) is 0 Å². The predicted molar refractivity (Wildman–Crippen MR) is 140 cm³/mol. The molecule has 0 unspecified atom stereocenters. The van der Waals surface area contributed by atoms with E-state index in [-0.39, 0.29) is 11.5 Å². The standard InChI is InChI=1S/C28H30N6O3/c1-36-22-9-7-21(8-10-22)23-24-25(30-19-29-24)32-26(31-23)33-14-11-28(12-15-33)13-16-34(18-28)27(35)37-17-20-5-3-2-4-6-20/h2-10,19H,11-18H2,1H3,(H,29,30,31,32). The highest BCUT2D eigenvalue weighted by molar-refractivity contribution is 5.88. The fourth-order valence-corrected chi connectivity index (χ4v) is 5.41. The molecular formula is C28H30N6O3. The Morgan fingerprint density at radius 2 is 1.76 bits per heavy atom. The number of aromatic amines is 1. The van der Waals surface area contributed by atoms with Crippen molar-refractivity contribution in [3.8, 4) is 17.0 Å². The molecule has 1 spiro atoms. The fraction of sp³-hybridized carbons (Fsp3) is 0.357. The van der Waals surface area contributed by atoms with Crippen molar-refractivity contribution < 1.29 is 14.3 Å². The molecule has 4 heterocycles. The fourth-order valence-electron chi connectivity index (χ4n) is 5.41. The van der Waals surface area contributed by atoms with Gasteiger partial charge < -0.3 is 24.3 Å². The van der Waals surface area contributed by atoms with Gasteiger partial charge in [0.2, 0.25) is 5.95 Å². The van der Waals surface area contributed by atoms with Crippen LogP contribution in [0.4, 0.5) is 10.7 Å². The molecular weight excluding hydrogens is 468 g/mol. The lowest BCUT2D eigenvalue weighted by molar-refractivity contribution is 0.0974. The average molecular weight is 499 g/mol. The second-order valence-electron chi connectivity index (χ2n) is 9.90. The number of carbonyl (C=O) groups is 1. The van der Waals surface area contributed by atoms with Crippen LogP contribution in [0.25, 0.3) is 22.4 Å². The van der Waals surface area contributed by atoms with E-state index in [1.165, 1.54) is 0 Å². The van der Waals surface area contributed by atoms with Gasteiger partial charge in [-0.2, -0.15) is 4.98 Å². The number of ether oxygens (including phenoxy) is 2. The summed E-state index contributed by atoms with van der Waals surface area (Å²) in [6, 6.07) is 17.7. The van der Waals surface area contributed by atoms with E-state index in [4.69, 9.17) is 19.4 Å². The minimum absolute atomic E-state index is 0.123. The third-order valence-corrected chi connectivity index (χ3v) is 7.65. The van der Waals surface area contributed by atoms with Crippen LogP contribution in [0.3, 0.4) is 0 Å². The molecule has 2 aliphatic heterocycles. The molecule has 4 aromatic rings. The van der Waals surface area contributed by atoms with Crippen LogP contribution >= 0.6 is 0 Å². The first-order chi connectivity index (χ1) is 18.1. The summed E-state index contributed by atoms with van der Waals surface area (Å²) in [5.74, 6) is 1.49. The van der Waals surface area contributed by atoms with Gasteiger partial charge in [0, 0.05) is 31.7 Å². The zero-order valence-corrected chi connectivity index (χ0v) is 20.9. The summed E-state index contributed by atoms with van der Waals surface area (Å²) in [5, 5.41) is 0. The number of imidazole rings is 1. The topological polar surface area (TPSA) is 96.5 Å². The Labute approximate surface area is 215 Å². The smallest absolute Gasteiger partial charge is 0.410 e. The molecule has 9 heteroatoms. The van der Waals surface area contributed by atoms with Gasteiger partial charge in [0.1, 0.15) is 23.6 Å². The van der Waals surface area contributed by atoms with Gasteiger partial charge in [-0.3, -0.25) is 0 Å². The zero-order chi connectivity index (χ0) is 25.2. The SMILES string of the molecule is COc1ccc(-c2nc(N3CCC4(CCN(C(=O)OCc5ccccc5)C4)CC3)nc3nc[nH]c23)cc1. The Morgan fingerprint density at radius 1 is 1.00 bits per heavy atom. The van der Waals surface area contributed by atoms with Gasteiger partial charge in [-0.25, -0.2) is 14.8 Å². The molecule has 2 aromatic heterocycles. The number of likely N-dealkylation sites (tertiary alicyclic amines) is 1. The molecule has 2 saturated heterocycles. The Bertz CT molecular complexity index is 1380. The lowest BCUT2D eigenvalue weighted by Crippen LogP contribution is -2.43. The lowest BCUT2D eigenvalue weighted by Gasteiger charge is -2.39. The van der Waals surface area contributed by atoms with Crippen LogP contribution in [-0.2, 0) is 11.3 Å². The lowest BCUT2D eigenvalue weighted by atomic mass is 9.78. The largest absolute Gasteiger partial charge is 0.497 e. The van der Waals surface area contributed by atoms with E-state index in [2.05, 4.69) is 14.9 Å². The monoisotopic (exact) mass is 498 g/mol. The highest BCUT2D eigenvalue weighted by Crippen LogP contribution is 2.41. The first-order valence-corrected chi connectivity index (χ1v) is 12.7. The number of carbonyl (C=O) groups excluding carboxylic acids is 1. The quantitative estimate of drug-likeness (QED) is 0.428. The normalized spacial score (nSPS) is 16.9. The summed E-state index contributed by atoms with van der Waals surface area (Å²) in [4.78, 5) is 34.1. The predicted octanol–water partition coefficient (Wildman–Crippen LogP) is 4.66. The molecule has 0 aliphatic carbocycles. The summed E-state index contributed by atoms with van der Waals surface area (Å²) < 4.78 is 10.9. The van der Waals surface area contributed by atoms with E-state index in [0.717, 1.165) is 73.5 Å². The van der Waals surface area contributed by atoms with E-state index in [1.807, 2.05) is 59.5 Å². The Hall–Kier alpha value is -4.14. The van der Waals surface area contributed by atoms with Crippen molar-refractivity contribution in [2.75, 3.05) is 38.2 Å². The summed E-state index contributed by atoms with van der Waals surface area (Å²) in [7, 11) is 1.66. The van der Waals surface area contributed by atoms with Crippen LogP contribution in [0.5, 0.6) is 5.75 Å². The van der Waals surface area contributed by atoms with Crippen LogP contribution in [0, 0.1) is 5.41 Å². The Kier molecular flexibility index (Phi) is 6.12. The first kappa shape index (κ1) is 23.3. The number of anilines is 1. The van der Waals surface area contributed by atoms with Gasteiger partial charge in [0.05, 0.1) is 13.4 Å². The molecule has 1 N–H and O–H groups in total. The van der Waals surface area contributed by atoms with Crippen molar-refractivity contribution in [2.45, 2.75) is 25.9 Å². The molecule has 0 atom stereocenters. The number of rotatable bonds is 5. The number of methoxy groups -OCH3 is 1. The molecule has 2 fully saturated rings. The van der Waals surface area contributed by atoms with Crippen LogP contribution in [0.2, 0.25) is 0 Å². The molecule has 37 heavy (non-hydrogen) atoms. The number of piperidine rings is 1. The third kappa shape index (κ3) is 4.69. The number of hydrogen-bond donors (Lipinski definition) is 1. The van der Waals surface area contributed by atoms with Gasteiger partial charge in [0.15, 0.2) is 5.65 Å². The maximum absolute atomic E-state index is 12.7. The number of amides is 1. The number of nitrogens with zero attached hydrogens (tertiary/aromatic N) is 5. The number of benzene rings is 2. The minimum Gasteiger partial charge on any atom is -0.497 e. The molecule has 6 rings (SSSR count). The number of H-pyrrole nitrogens is 1. The van der Waals surface area contributed by atoms with E-state index >= 15 is 0 Å². The maximum Gasteiger partial charge on any atom is 0.410 e. The maximum atomic E-state index is 12.7. The Morgan fingerprint density at radius 3 is 2.51 bits per heavy atom. The molecule has 2 aliphatic rings. The van der Waals surface area contributed by atoms with Crippen molar-refractivity contribution in [3.05, 3.63) is 66.5 Å². The van der Waals surface area contributed by atoms with Gasteiger partial charge in [-0.05, 0) is 54.5 Å². The van der Waals surface area contributed by atoms with E-state index in [1.54, 1.807) is 13.4 Å². The molecule has 1 amide bonds.